The highest BCUT2D eigenvalue weighted by atomic mass is 16.2. The van der Waals surface area contributed by atoms with Gasteiger partial charge in [0.1, 0.15) is 5.54 Å². The lowest BCUT2D eigenvalue weighted by molar-refractivity contribution is -0.137. The number of carbonyl (C=O) groups excluding carboxylic acids is 2. The van der Waals surface area contributed by atoms with Crippen LogP contribution in [0.15, 0.2) is 58.8 Å². The van der Waals surface area contributed by atoms with Gasteiger partial charge in [0.25, 0.3) is 5.91 Å². The molecule has 0 aromatic heterocycles. The molecule has 204 valence electrons. The van der Waals surface area contributed by atoms with Crippen molar-refractivity contribution in [2.45, 2.75) is 75.7 Å². The summed E-state index contributed by atoms with van der Waals surface area (Å²) in [5.74, 6) is 0.00903. The molecule has 4 heterocycles. The van der Waals surface area contributed by atoms with E-state index in [1.54, 1.807) is 4.90 Å². The Hall–Kier alpha value is -3.26. The predicted molar refractivity (Wildman–Crippen MR) is 150 cm³/mol. The van der Waals surface area contributed by atoms with Crippen LogP contribution in [-0.4, -0.2) is 76.6 Å². The van der Waals surface area contributed by atoms with Gasteiger partial charge in [0.2, 0.25) is 0 Å². The largest absolute Gasteiger partial charge is 0.372 e. The summed E-state index contributed by atoms with van der Waals surface area (Å²) in [6.45, 7) is 7.29. The fourth-order valence-electron chi connectivity index (χ4n) is 7.21. The number of likely N-dealkylation sites (tertiary alicyclic amines) is 1. The molecule has 0 saturated carbocycles. The van der Waals surface area contributed by atoms with Crippen LogP contribution in [0.4, 0.5) is 10.5 Å². The van der Waals surface area contributed by atoms with E-state index < -0.39 is 11.2 Å². The highest BCUT2D eigenvalue weighted by Crippen LogP contribution is 2.42. The van der Waals surface area contributed by atoms with Gasteiger partial charge in [-0.3, -0.25) is 14.6 Å². The number of fused-ring (bicyclic) bond motifs is 1. The van der Waals surface area contributed by atoms with Crippen LogP contribution in [0, 0.1) is 0 Å². The summed E-state index contributed by atoms with van der Waals surface area (Å²) in [7, 11) is 0. The van der Waals surface area contributed by atoms with Gasteiger partial charge in [0.15, 0.2) is 5.66 Å². The molecule has 0 unspecified atom stereocenters. The molecule has 8 nitrogen and oxygen atoms in total. The molecule has 1 spiro atoms. The van der Waals surface area contributed by atoms with Crippen LogP contribution in [0.2, 0.25) is 0 Å². The molecule has 2 aromatic rings. The zero-order valence-electron chi connectivity index (χ0n) is 22.9. The summed E-state index contributed by atoms with van der Waals surface area (Å²) < 4.78 is 0. The second kappa shape index (κ2) is 9.44. The van der Waals surface area contributed by atoms with Crippen LogP contribution in [0.5, 0.6) is 0 Å². The monoisotopic (exact) mass is 526 g/mol. The predicted octanol–water partition coefficient (Wildman–Crippen LogP) is 4.63. The number of imide groups is 1. The van der Waals surface area contributed by atoms with E-state index in [-0.39, 0.29) is 18.0 Å². The standard InChI is InChI=1S/C31H38N6O2/c1-30(32-33-30)12-19-36-29(39)37(27-20-24-6-2-3-7-25(24)21-27)28(38)31(36)13-17-34(18-14-31)22-23-8-10-26(11-9-23)35-15-4-5-16-35/h2-3,6-11,27H,4-5,12-22H2,1H3. The minimum Gasteiger partial charge on any atom is -0.372 e. The molecule has 39 heavy (non-hydrogen) atoms. The van der Waals surface area contributed by atoms with Gasteiger partial charge < -0.3 is 9.80 Å². The number of hydrogen-bond acceptors (Lipinski definition) is 6. The first-order valence-electron chi connectivity index (χ1n) is 14.7. The molecular weight excluding hydrogens is 488 g/mol. The van der Waals surface area contributed by atoms with Gasteiger partial charge in [-0.25, -0.2) is 4.79 Å². The SMILES string of the molecule is CC1(CCN2C(=O)N(C3Cc4ccccc4C3)C(=O)C23CCN(Cc2ccc(N4CCCC4)cc2)CC3)N=N1. The van der Waals surface area contributed by atoms with Gasteiger partial charge >= 0.3 is 6.03 Å². The topological polar surface area (TPSA) is 71.8 Å². The molecule has 3 fully saturated rings. The lowest BCUT2D eigenvalue weighted by Crippen LogP contribution is -2.57. The maximum Gasteiger partial charge on any atom is 0.327 e. The first-order valence-corrected chi connectivity index (χ1v) is 14.7. The van der Waals surface area contributed by atoms with Crippen LogP contribution >= 0.6 is 0 Å². The van der Waals surface area contributed by atoms with Crippen LogP contribution in [0.25, 0.3) is 0 Å². The molecule has 3 amide bonds. The minimum atomic E-state index is -0.757. The Bertz CT molecular complexity index is 1260. The summed E-state index contributed by atoms with van der Waals surface area (Å²) in [5.41, 5.74) is 3.97. The molecule has 8 heteroatoms. The summed E-state index contributed by atoms with van der Waals surface area (Å²) in [6.07, 6.45) is 6.07. The Balaban J connectivity index is 1.06. The van der Waals surface area contributed by atoms with Gasteiger partial charge in [-0.1, -0.05) is 36.4 Å². The second-order valence-corrected chi connectivity index (χ2v) is 12.3. The number of rotatable bonds is 7. The Morgan fingerprint density at radius 2 is 1.51 bits per heavy atom. The summed E-state index contributed by atoms with van der Waals surface area (Å²) in [6, 6.07) is 17.1. The van der Waals surface area contributed by atoms with E-state index in [1.807, 2.05) is 24.0 Å². The Kier molecular flexibility index (Phi) is 5.99. The van der Waals surface area contributed by atoms with E-state index in [0.717, 1.165) is 45.6 Å². The van der Waals surface area contributed by atoms with Crippen LogP contribution in [0.3, 0.4) is 0 Å². The van der Waals surface area contributed by atoms with Crippen molar-refractivity contribution in [2.75, 3.05) is 37.6 Å². The number of amides is 3. The van der Waals surface area contributed by atoms with Gasteiger partial charge in [-0.15, -0.1) is 0 Å². The van der Waals surface area contributed by atoms with E-state index in [2.05, 4.69) is 56.4 Å². The zero-order valence-corrected chi connectivity index (χ0v) is 22.9. The quantitative estimate of drug-likeness (QED) is 0.494. The molecule has 0 atom stereocenters. The van der Waals surface area contributed by atoms with Crippen molar-refractivity contribution in [3.63, 3.8) is 0 Å². The molecule has 1 aliphatic carbocycles. The Labute approximate surface area is 230 Å². The van der Waals surface area contributed by atoms with Crippen molar-refractivity contribution in [1.82, 2.24) is 14.7 Å². The summed E-state index contributed by atoms with van der Waals surface area (Å²) >= 11 is 0. The third kappa shape index (κ3) is 4.42. The van der Waals surface area contributed by atoms with Crippen molar-refractivity contribution >= 4 is 17.6 Å². The normalized spacial score (nSPS) is 23.9. The van der Waals surface area contributed by atoms with E-state index >= 15 is 0 Å². The number of piperidine rings is 1. The number of anilines is 1. The van der Waals surface area contributed by atoms with Crippen molar-refractivity contribution in [2.24, 2.45) is 10.2 Å². The fourth-order valence-corrected chi connectivity index (χ4v) is 7.21. The van der Waals surface area contributed by atoms with E-state index in [9.17, 15) is 9.59 Å². The molecule has 3 saturated heterocycles. The molecule has 0 radical (unpaired) electrons. The first kappa shape index (κ1) is 24.8. The molecule has 7 rings (SSSR count). The number of carbonyl (C=O) groups is 2. The lowest BCUT2D eigenvalue weighted by atomic mass is 9.85. The molecule has 4 aliphatic heterocycles. The maximum absolute atomic E-state index is 14.2. The average molecular weight is 527 g/mol. The second-order valence-electron chi connectivity index (χ2n) is 12.3. The fraction of sp³-hybridized carbons (Fsp3) is 0.548. The Morgan fingerprint density at radius 1 is 0.872 bits per heavy atom. The number of benzene rings is 2. The molecule has 0 bridgehead atoms. The zero-order chi connectivity index (χ0) is 26.6. The van der Waals surface area contributed by atoms with E-state index in [0.29, 0.717) is 25.8 Å². The van der Waals surface area contributed by atoms with Crippen LogP contribution < -0.4 is 4.90 Å². The van der Waals surface area contributed by atoms with Crippen LogP contribution in [0.1, 0.15) is 55.7 Å². The minimum absolute atomic E-state index is 0.00903. The number of hydrogen-bond donors (Lipinski definition) is 0. The molecular formula is C31H38N6O2. The highest BCUT2D eigenvalue weighted by Gasteiger charge is 2.60. The van der Waals surface area contributed by atoms with Gasteiger partial charge in [0.05, 0.1) is 0 Å². The first-order chi connectivity index (χ1) is 18.9. The molecule has 5 aliphatic rings. The third-order valence-electron chi connectivity index (χ3n) is 9.71. The van der Waals surface area contributed by atoms with Gasteiger partial charge in [0, 0.05) is 57.4 Å². The van der Waals surface area contributed by atoms with E-state index in [4.69, 9.17) is 0 Å². The van der Waals surface area contributed by atoms with Crippen molar-refractivity contribution in [1.29, 1.82) is 0 Å². The van der Waals surface area contributed by atoms with E-state index in [1.165, 1.54) is 35.2 Å². The smallest absolute Gasteiger partial charge is 0.327 e. The van der Waals surface area contributed by atoms with Crippen molar-refractivity contribution in [3.8, 4) is 0 Å². The Morgan fingerprint density at radius 3 is 2.13 bits per heavy atom. The lowest BCUT2D eigenvalue weighted by Gasteiger charge is -2.42. The third-order valence-corrected chi connectivity index (χ3v) is 9.71. The van der Waals surface area contributed by atoms with Crippen molar-refractivity contribution in [3.05, 3.63) is 65.2 Å². The number of urea groups is 1. The van der Waals surface area contributed by atoms with Crippen molar-refractivity contribution < 1.29 is 9.59 Å². The van der Waals surface area contributed by atoms with Gasteiger partial charge in [-0.05, 0) is 74.3 Å². The maximum atomic E-state index is 14.2. The molecule has 0 N–H and O–H groups in total. The molecule has 2 aromatic carbocycles. The van der Waals surface area contributed by atoms with Gasteiger partial charge in [-0.2, -0.15) is 10.2 Å². The van der Waals surface area contributed by atoms with Crippen LogP contribution in [-0.2, 0) is 24.2 Å². The summed E-state index contributed by atoms with van der Waals surface area (Å²) in [5, 5.41) is 8.33. The highest BCUT2D eigenvalue weighted by molar-refractivity contribution is 6.07. The summed E-state index contributed by atoms with van der Waals surface area (Å²) in [4.78, 5) is 36.6. The number of nitrogens with zero attached hydrogens (tertiary/aromatic N) is 6. The average Bonchev–Trinajstić information content (AvgIpc) is 3.29.